The molecule has 10 heteroatoms. The predicted octanol–water partition coefficient (Wildman–Crippen LogP) is 4.45. The number of anilines is 1. The summed E-state index contributed by atoms with van der Waals surface area (Å²) >= 11 is 6.47. The van der Waals surface area contributed by atoms with Gasteiger partial charge in [-0.25, -0.2) is 0 Å². The number of primary amides is 1. The molecule has 0 atom stereocenters. The van der Waals surface area contributed by atoms with Crippen LogP contribution in [0.25, 0.3) is 10.9 Å². The Labute approximate surface area is 213 Å². The molecule has 0 aliphatic heterocycles. The number of pyridine rings is 1. The van der Waals surface area contributed by atoms with E-state index in [1.807, 2.05) is 13.8 Å². The van der Waals surface area contributed by atoms with Crippen LogP contribution in [0, 0.1) is 5.92 Å². The number of Topliss-reactive ketones (excluding diaryl/α,β-unsaturated/α-hetero) is 1. The first kappa shape index (κ1) is 26.5. The molecule has 0 aliphatic rings. The Morgan fingerprint density at radius 1 is 1.17 bits per heavy atom. The summed E-state index contributed by atoms with van der Waals surface area (Å²) in [6.45, 7) is 5.86. The molecule has 0 spiro atoms. The van der Waals surface area contributed by atoms with Gasteiger partial charge in [0.2, 0.25) is 0 Å². The van der Waals surface area contributed by atoms with E-state index in [0.717, 1.165) is 0 Å². The van der Waals surface area contributed by atoms with Crippen LogP contribution in [-0.4, -0.2) is 36.6 Å². The molecule has 0 saturated carbocycles. The lowest BCUT2D eigenvalue weighted by molar-refractivity contribution is -0.114. The summed E-state index contributed by atoms with van der Waals surface area (Å²) in [5.41, 5.74) is 6.90. The van der Waals surface area contributed by atoms with Crippen LogP contribution in [0.5, 0.6) is 17.2 Å². The number of benzene rings is 2. The number of hydrogen-bond donors (Lipinski definition) is 3. The lowest BCUT2D eigenvalue weighted by Crippen LogP contribution is -2.25. The minimum Gasteiger partial charge on any atom is -0.496 e. The van der Waals surface area contributed by atoms with Gasteiger partial charge in [-0.2, -0.15) is 0 Å². The summed E-state index contributed by atoms with van der Waals surface area (Å²) in [5, 5.41) is 6.75. The average Bonchev–Trinajstić information content (AvgIpc) is 2.83. The fraction of sp³-hybridized carbons (Fsp3) is 0.231. The number of ketones is 1. The highest BCUT2D eigenvalue weighted by Crippen LogP contribution is 2.35. The van der Waals surface area contributed by atoms with Crippen molar-refractivity contribution in [3.05, 3.63) is 64.6 Å². The van der Waals surface area contributed by atoms with Crippen molar-refractivity contribution < 1.29 is 23.9 Å². The second kappa shape index (κ2) is 11.5. The molecule has 1 amide bonds. The first-order valence-electron chi connectivity index (χ1n) is 11.1. The zero-order valence-electron chi connectivity index (χ0n) is 20.3. The first-order valence-corrected chi connectivity index (χ1v) is 11.5. The van der Waals surface area contributed by atoms with Crippen LogP contribution in [-0.2, 0) is 9.59 Å². The molecule has 1 aromatic heterocycles. The standard InChI is InChI=1S/C26H27ClN4O5/c1-14(2)12-30-22(13-32)25(15(3)33)31-20-6-5-16(9-19(20)27)36-23-7-8-29-21-11-24(35-4)18(26(28)34)10-17(21)23/h5-11,13-14,30-31H,12H2,1-4H3,(H2,28,34)/b25-22-. The van der Waals surface area contributed by atoms with Gasteiger partial charge < -0.3 is 25.8 Å². The Morgan fingerprint density at radius 2 is 1.92 bits per heavy atom. The lowest BCUT2D eigenvalue weighted by atomic mass is 10.1. The number of methoxy groups -OCH3 is 1. The van der Waals surface area contributed by atoms with Crippen LogP contribution in [0.4, 0.5) is 5.69 Å². The number of nitrogens with zero attached hydrogens (tertiary/aromatic N) is 1. The van der Waals surface area contributed by atoms with Crippen molar-refractivity contribution >= 4 is 46.2 Å². The third-order valence-electron chi connectivity index (χ3n) is 5.16. The number of carbonyl (C=O) groups excluding carboxylic acids is 3. The van der Waals surface area contributed by atoms with Crippen molar-refractivity contribution in [3.63, 3.8) is 0 Å². The summed E-state index contributed by atoms with van der Waals surface area (Å²) < 4.78 is 11.3. The highest BCUT2D eigenvalue weighted by Gasteiger charge is 2.16. The van der Waals surface area contributed by atoms with Crippen molar-refractivity contribution in [2.75, 3.05) is 19.0 Å². The van der Waals surface area contributed by atoms with Crippen LogP contribution in [0.15, 0.2) is 54.0 Å². The van der Waals surface area contributed by atoms with E-state index in [0.29, 0.717) is 46.7 Å². The zero-order valence-corrected chi connectivity index (χ0v) is 21.1. The first-order chi connectivity index (χ1) is 17.1. The maximum absolute atomic E-state index is 12.2. The maximum atomic E-state index is 12.2. The van der Waals surface area contributed by atoms with Crippen LogP contribution in [0.1, 0.15) is 31.1 Å². The van der Waals surface area contributed by atoms with Crippen LogP contribution in [0.3, 0.4) is 0 Å². The molecule has 188 valence electrons. The van der Waals surface area contributed by atoms with Gasteiger partial charge in [0.1, 0.15) is 28.6 Å². The molecule has 36 heavy (non-hydrogen) atoms. The summed E-state index contributed by atoms with van der Waals surface area (Å²) in [6, 6.07) is 9.66. The quantitative estimate of drug-likeness (QED) is 0.254. The predicted molar refractivity (Wildman–Crippen MR) is 139 cm³/mol. The van der Waals surface area contributed by atoms with Gasteiger partial charge in [-0.15, -0.1) is 0 Å². The second-order valence-corrected chi connectivity index (χ2v) is 8.76. The van der Waals surface area contributed by atoms with Crippen LogP contribution >= 0.6 is 11.6 Å². The van der Waals surface area contributed by atoms with Crippen molar-refractivity contribution in [1.82, 2.24) is 10.3 Å². The van der Waals surface area contributed by atoms with Crippen molar-refractivity contribution in [2.24, 2.45) is 11.7 Å². The van der Waals surface area contributed by atoms with Crippen molar-refractivity contribution in [2.45, 2.75) is 20.8 Å². The van der Waals surface area contributed by atoms with E-state index in [-0.39, 0.29) is 33.7 Å². The van der Waals surface area contributed by atoms with Gasteiger partial charge in [0, 0.05) is 37.2 Å². The van der Waals surface area contributed by atoms with E-state index in [2.05, 4.69) is 15.6 Å². The minimum atomic E-state index is -0.645. The molecule has 9 nitrogen and oxygen atoms in total. The molecule has 3 rings (SSSR count). The molecule has 0 unspecified atom stereocenters. The van der Waals surface area contributed by atoms with Gasteiger partial charge in [-0.3, -0.25) is 19.4 Å². The van der Waals surface area contributed by atoms with Gasteiger partial charge in [0.15, 0.2) is 12.1 Å². The molecular formula is C26H27ClN4O5. The van der Waals surface area contributed by atoms with E-state index in [1.165, 1.54) is 14.0 Å². The van der Waals surface area contributed by atoms with Gasteiger partial charge in [-0.1, -0.05) is 25.4 Å². The number of carbonyl (C=O) groups is 3. The SMILES string of the molecule is COc1cc2nccc(Oc3ccc(N/C(C(C)=O)=C(/C=O)NCC(C)C)c(Cl)c3)c2cc1C(N)=O. The molecular weight excluding hydrogens is 484 g/mol. The Morgan fingerprint density at radius 3 is 2.50 bits per heavy atom. The van der Waals surface area contributed by atoms with E-state index in [4.69, 9.17) is 26.8 Å². The summed E-state index contributed by atoms with van der Waals surface area (Å²) in [6.07, 6.45) is 2.16. The molecule has 0 bridgehead atoms. The molecule has 1 heterocycles. The van der Waals surface area contributed by atoms with E-state index < -0.39 is 5.91 Å². The highest BCUT2D eigenvalue weighted by atomic mass is 35.5. The van der Waals surface area contributed by atoms with Crippen LogP contribution < -0.4 is 25.8 Å². The third-order valence-corrected chi connectivity index (χ3v) is 5.47. The number of aromatic nitrogens is 1. The molecule has 0 aliphatic carbocycles. The number of halogens is 1. The molecule has 0 saturated heterocycles. The Bertz CT molecular complexity index is 1350. The zero-order chi connectivity index (χ0) is 26.4. The smallest absolute Gasteiger partial charge is 0.252 e. The Hall–Kier alpha value is -4.11. The fourth-order valence-electron chi connectivity index (χ4n) is 3.37. The molecule has 3 aromatic rings. The van der Waals surface area contributed by atoms with Gasteiger partial charge in [0.05, 0.1) is 28.9 Å². The fourth-order valence-corrected chi connectivity index (χ4v) is 3.59. The van der Waals surface area contributed by atoms with Gasteiger partial charge >= 0.3 is 0 Å². The normalized spacial score (nSPS) is 11.6. The minimum absolute atomic E-state index is 0.106. The number of hydrogen-bond acceptors (Lipinski definition) is 8. The number of aldehydes is 1. The number of nitrogens with one attached hydrogen (secondary N) is 2. The largest absolute Gasteiger partial charge is 0.496 e. The highest BCUT2D eigenvalue weighted by molar-refractivity contribution is 6.33. The second-order valence-electron chi connectivity index (χ2n) is 8.35. The lowest BCUT2D eigenvalue weighted by Gasteiger charge is -2.16. The Balaban J connectivity index is 1.93. The summed E-state index contributed by atoms with van der Waals surface area (Å²) in [5.74, 6) is 0.439. The summed E-state index contributed by atoms with van der Waals surface area (Å²) in [4.78, 5) is 40.0. The van der Waals surface area contributed by atoms with E-state index >= 15 is 0 Å². The molecule has 2 aromatic carbocycles. The van der Waals surface area contributed by atoms with E-state index in [9.17, 15) is 14.4 Å². The van der Waals surface area contributed by atoms with Crippen molar-refractivity contribution in [1.29, 1.82) is 0 Å². The maximum Gasteiger partial charge on any atom is 0.252 e. The Kier molecular flexibility index (Phi) is 8.50. The van der Waals surface area contributed by atoms with E-state index in [1.54, 1.807) is 42.6 Å². The van der Waals surface area contributed by atoms with Gasteiger partial charge in [0.25, 0.3) is 5.91 Å². The number of fused-ring (bicyclic) bond motifs is 1. The monoisotopic (exact) mass is 510 g/mol. The molecule has 4 N–H and O–H groups in total. The van der Waals surface area contributed by atoms with Crippen LogP contribution in [0.2, 0.25) is 5.02 Å². The average molecular weight is 511 g/mol. The summed E-state index contributed by atoms with van der Waals surface area (Å²) in [7, 11) is 1.44. The van der Waals surface area contributed by atoms with Crippen molar-refractivity contribution in [3.8, 4) is 17.2 Å². The number of ether oxygens (including phenoxy) is 2. The molecule has 0 radical (unpaired) electrons. The molecule has 0 fully saturated rings. The van der Waals surface area contributed by atoms with Gasteiger partial charge in [-0.05, 0) is 30.2 Å². The topological polar surface area (TPSA) is 133 Å². The number of rotatable bonds is 11. The number of nitrogens with two attached hydrogens (primary N) is 1. The number of amides is 1. The number of allylic oxidation sites excluding steroid dienone is 2. The third kappa shape index (κ3) is 6.11.